The summed E-state index contributed by atoms with van der Waals surface area (Å²) in [5.74, 6) is 0.255. The molecule has 16 heavy (non-hydrogen) atoms. The third kappa shape index (κ3) is 2.51. The summed E-state index contributed by atoms with van der Waals surface area (Å²) in [6.07, 6.45) is 8.04. The van der Waals surface area contributed by atoms with Gasteiger partial charge in [0.05, 0.1) is 5.70 Å². The minimum atomic E-state index is 0.255. The second-order valence-corrected chi connectivity index (χ2v) is 3.60. The molecule has 0 heterocycles. The van der Waals surface area contributed by atoms with E-state index in [1.807, 2.05) is 24.3 Å². The number of phenolic OH excluding ortho intramolecular Hbond substituents is 1. The Kier molecular flexibility index (Phi) is 3.05. The quantitative estimate of drug-likeness (QED) is 0.746. The number of nitrogens with one attached hydrogen (secondary N) is 1. The molecule has 2 N–H and O–H groups in total. The highest BCUT2D eigenvalue weighted by Gasteiger charge is 2.00. The molecular formula is C13H12FNO. The van der Waals surface area contributed by atoms with Crippen molar-refractivity contribution in [3.05, 3.63) is 59.3 Å². The summed E-state index contributed by atoms with van der Waals surface area (Å²) in [7, 11) is 0. The van der Waals surface area contributed by atoms with E-state index < -0.39 is 0 Å². The van der Waals surface area contributed by atoms with E-state index in [2.05, 4.69) is 0 Å². The number of rotatable bonds is 2. The van der Waals surface area contributed by atoms with Crippen LogP contribution < -0.4 is 5.54 Å². The van der Waals surface area contributed by atoms with Crippen LogP contribution in [0.15, 0.2) is 53.8 Å². The highest BCUT2D eigenvalue weighted by molar-refractivity contribution is 5.58. The lowest BCUT2D eigenvalue weighted by atomic mass is 10.0. The van der Waals surface area contributed by atoms with E-state index in [0.717, 1.165) is 11.1 Å². The maximum Gasteiger partial charge on any atom is 0.115 e. The summed E-state index contributed by atoms with van der Waals surface area (Å²) >= 11 is 0. The number of hydrogen-bond donors (Lipinski definition) is 2. The molecule has 0 aromatic heterocycles. The van der Waals surface area contributed by atoms with Crippen LogP contribution in [-0.4, -0.2) is 5.11 Å². The fraction of sp³-hybridized carbons (Fsp3) is 0.0769. The molecule has 3 heteroatoms. The standard InChI is InChI=1S/C13H12FNO/c14-15-12-5-1-10(2-6-12)9-11-3-7-13(16)8-4-11/h1,3-9,15-16H,2H2/b10-9-. The van der Waals surface area contributed by atoms with Crippen molar-refractivity contribution < 1.29 is 9.59 Å². The second-order valence-electron chi connectivity index (χ2n) is 3.60. The molecule has 0 unspecified atom stereocenters. The third-order valence-electron chi connectivity index (χ3n) is 2.39. The fourth-order valence-corrected chi connectivity index (χ4v) is 1.52. The molecule has 1 aliphatic rings. The van der Waals surface area contributed by atoms with Crippen molar-refractivity contribution >= 4 is 6.08 Å². The van der Waals surface area contributed by atoms with Crippen molar-refractivity contribution in [2.45, 2.75) is 6.42 Å². The Morgan fingerprint density at radius 2 is 1.94 bits per heavy atom. The number of aromatic hydroxyl groups is 1. The van der Waals surface area contributed by atoms with Crippen LogP contribution in [0, 0.1) is 0 Å². The van der Waals surface area contributed by atoms with E-state index in [9.17, 15) is 4.48 Å². The molecule has 2 rings (SSSR count). The van der Waals surface area contributed by atoms with Gasteiger partial charge in [0.15, 0.2) is 0 Å². The van der Waals surface area contributed by atoms with Crippen LogP contribution in [0.5, 0.6) is 5.75 Å². The van der Waals surface area contributed by atoms with Gasteiger partial charge in [-0.15, -0.1) is 4.48 Å². The van der Waals surface area contributed by atoms with Crippen LogP contribution in [0.3, 0.4) is 0 Å². The normalized spacial score (nSPS) is 17.3. The van der Waals surface area contributed by atoms with Gasteiger partial charge in [-0.3, -0.25) is 0 Å². The Hall–Kier alpha value is -2.03. The van der Waals surface area contributed by atoms with Gasteiger partial charge in [-0.25, -0.2) is 5.54 Å². The Bertz CT molecular complexity index is 457. The van der Waals surface area contributed by atoms with Crippen molar-refractivity contribution in [1.82, 2.24) is 5.54 Å². The lowest BCUT2D eigenvalue weighted by Gasteiger charge is -2.06. The lowest BCUT2D eigenvalue weighted by Crippen LogP contribution is -2.00. The van der Waals surface area contributed by atoms with Gasteiger partial charge in [-0.2, -0.15) is 0 Å². The number of allylic oxidation sites excluding steroid dienone is 4. The van der Waals surface area contributed by atoms with Crippen molar-refractivity contribution in [2.24, 2.45) is 0 Å². The van der Waals surface area contributed by atoms with Gasteiger partial charge in [0.25, 0.3) is 0 Å². The fourth-order valence-electron chi connectivity index (χ4n) is 1.52. The molecule has 1 aromatic rings. The predicted octanol–water partition coefficient (Wildman–Crippen LogP) is 3.09. The molecule has 0 saturated heterocycles. The smallest absolute Gasteiger partial charge is 0.115 e. The maximum atomic E-state index is 12.1. The summed E-state index contributed by atoms with van der Waals surface area (Å²) < 4.78 is 12.1. The molecule has 0 radical (unpaired) electrons. The Morgan fingerprint density at radius 3 is 2.50 bits per heavy atom. The number of hydrogen-bond acceptors (Lipinski definition) is 2. The van der Waals surface area contributed by atoms with Gasteiger partial charge in [0, 0.05) is 0 Å². The van der Waals surface area contributed by atoms with Crippen LogP contribution in [0.25, 0.3) is 6.08 Å². The van der Waals surface area contributed by atoms with E-state index in [4.69, 9.17) is 5.11 Å². The maximum absolute atomic E-state index is 12.1. The lowest BCUT2D eigenvalue weighted by molar-refractivity contribution is 0.391. The molecular weight excluding hydrogens is 205 g/mol. The topological polar surface area (TPSA) is 32.3 Å². The molecule has 0 bridgehead atoms. The molecule has 2 nitrogen and oxygen atoms in total. The van der Waals surface area contributed by atoms with Gasteiger partial charge in [0.1, 0.15) is 5.75 Å². The van der Waals surface area contributed by atoms with Gasteiger partial charge in [0.2, 0.25) is 0 Å². The molecule has 0 fully saturated rings. The van der Waals surface area contributed by atoms with Crippen molar-refractivity contribution in [3.8, 4) is 5.75 Å². The van der Waals surface area contributed by atoms with Crippen LogP contribution in [0.4, 0.5) is 4.48 Å². The number of benzene rings is 1. The van der Waals surface area contributed by atoms with E-state index in [0.29, 0.717) is 12.1 Å². The summed E-state index contributed by atoms with van der Waals surface area (Å²) in [6, 6.07) is 6.96. The van der Waals surface area contributed by atoms with Crippen LogP contribution in [-0.2, 0) is 0 Å². The molecule has 0 spiro atoms. The Morgan fingerprint density at radius 1 is 1.19 bits per heavy atom. The zero-order valence-corrected chi connectivity index (χ0v) is 8.65. The summed E-state index contributed by atoms with van der Waals surface area (Å²) in [5.41, 5.74) is 4.22. The third-order valence-corrected chi connectivity index (χ3v) is 2.39. The van der Waals surface area contributed by atoms with Gasteiger partial charge < -0.3 is 5.11 Å². The van der Waals surface area contributed by atoms with Gasteiger partial charge in [-0.05, 0) is 35.8 Å². The number of phenols is 1. The number of halogens is 1. The van der Waals surface area contributed by atoms with E-state index in [-0.39, 0.29) is 5.75 Å². The molecule has 1 aliphatic carbocycles. The molecule has 0 aliphatic heterocycles. The minimum Gasteiger partial charge on any atom is -0.508 e. The summed E-state index contributed by atoms with van der Waals surface area (Å²) in [4.78, 5) is 0. The first-order valence-electron chi connectivity index (χ1n) is 5.02. The molecule has 0 atom stereocenters. The zero-order chi connectivity index (χ0) is 11.4. The van der Waals surface area contributed by atoms with Gasteiger partial charge >= 0.3 is 0 Å². The first-order valence-corrected chi connectivity index (χ1v) is 5.02. The second kappa shape index (κ2) is 4.66. The largest absolute Gasteiger partial charge is 0.508 e. The molecule has 0 saturated carbocycles. The first-order chi connectivity index (χ1) is 7.78. The van der Waals surface area contributed by atoms with Crippen LogP contribution in [0.1, 0.15) is 12.0 Å². The summed E-state index contributed by atoms with van der Waals surface area (Å²) in [5, 5.41) is 9.14. The average Bonchev–Trinajstić information content (AvgIpc) is 2.33. The van der Waals surface area contributed by atoms with Crippen LogP contribution in [0.2, 0.25) is 0 Å². The summed E-state index contributed by atoms with van der Waals surface area (Å²) in [6.45, 7) is 0. The highest BCUT2D eigenvalue weighted by atomic mass is 19.2. The first kappa shape index (κ1) is 10.5. The average molecular weight is 217 g/mol. The Balaban J connectivity index is 2.13. The predicted molar refractivity (Wildman–Crippen MR) is 62.2 cm³/mol. The Labute approximate surface area is 93.4 Å². The molecule has 82 valence electrons. The van der Waals surface area contributed by atoms with Crippen molar-refractivity contribution in [3.63, 3.8) is 0 Å². The highest BCUT2D eigenvalue weighted by Crippen LogP contribution is 2.18. The van der Waals surface area contributed by atoms with Crippen LogP contribution >= 0.6 is 0 Å². The van der Waals surface area contributed by atoms with Gasteiger partial charge in [-0.1, -0.05) is 30.4 Å². The van der Waals surface area contributed by atoms with E-state index >= 15 is 0 Å². The zero-order valence-electron chi connectivity index (χ0n) is 8.65. The minimum absolute atomic E-state index is 0.255. The van der Waals surface area contributed by atoms with E-state index in [1.54, 1.807) is 29.8 Å². The molecule has 1 aromatic carbocycles. The van der Waals surface area contributed by atoms with E-state index in [1.165, 1.54) is 0 Å². The SMILES string of the molecule is Oc1ccc(/C=C2/C=CC(NF)=CC2)cc1. The monoisotopic (exact) mass is 217 g/mol. The molecule has 0 amide bonds. The van der Waals surface area contributed by atoms with Crippen molar-refractivity contribution in [2.75, 3.05) is 0 Å². The van der Waals surface area contributed by atoms with Crippen molar-refractivity contribution in [1.29, 1.82) is 0 Å².